The van der Waals surface area contributed by atoms with Crippen LogP contribution in [0.1, 0.15) is 30.6 Å². The van der Waals surface area contributed by atoms with Gasteiger partial charge in [-0.1, -0.05) is 25.4 Å². The first-order valence-electron chi connectivity index (χ1n) is 6.39. The Kier molecular flexibility index (Phi) is 5.98. The SMILES string of the molecule is CC(C)CC(CN)C(=O)Nc1cc(Cl)ccc1C(=O)O. The lowest BCUT2D eigenvalue weighted by atomic mass is 9.96. The van der Waals surface area contributed by atoms with Crippen molar-refractivity contribution in [2.75, 3.05) is 11.9 Å². The Labute approximate surface area is 123 Å². The molecule has 4 N–H and O–H groups in total. The molecule has 1 amide bonds. The summed E-state index contributed by atoms with van der Waals surface area (Å²) in [5.74, 6) is -1.43. The van der Waals surface area contributed by atoms with Crippen molar-refractivity contribution in [1.29, 1.82) is 0 Å². The van der Waals surface area contributed by atoms with Gasteiger partial charge in [0.25, 0.3) is 0 Å². The van der Waals surface area contributed by atoms with Gasteiger partial charge in [-0.2, -0.15) is 0 Å². The van der Waals surface area contributed by atoms with Gasteiger partial charge in [-0.05, 0) is 30.5 Å². The number of carbonyl (C=O) groups is 2. The summed E-state index contributed by atoms with van der Waals surface area (Å²) >= 11 is 5.83. The minimum Gasteiger partial charge on any atom is -0.478 e. The monoisotopic (exact) mass is 298 g/mol. The average molecular weight is 299 g/mol. The van der Waals surface area contributed by atoms with E-state index in [1.807, 2.05) is 13.8 Å². The van der Waals surface area contributed by atoms with Crippen LogP contribution in [-0.4, -0.2) is 23.5 Å². The number of carboxylic acid groups (broad SMARTS) is 1. The van der Waals surface area contributed by atoms with E-state index in [4.69, 9.17) is 22.4 Å². The quantitative estimate of drug-likeness (QED) is 0.752. The van der Waals surface area contributed by atoms with Crippen LogP contribution in [-0.2, 0) is 4.79 Å². The molecule has 0 aromatic heterocycles. The maximum Gasteiger partial charge on any atom is 0.337 e. The maximum atomic E-state index is 12.1. The Bertz CT molecular complexity index is 503. The van der Waals surface area contributed by atoms with Gasteiger partial charge in [-0.15, -0.1) is 0 Å². The van der Waals surface area contributed by atoms with Crippen molar-refractivity contribution in [3.63, 3.8) is 0 Å². The van der Waals surface area contributed by atoms with Gasteiger partial charge in [0, 0.05) is 11.6 Å². The van der Waals surface area contributed by atoms with Crippen molar-refractivity contribution < 1.29 is 14.7 Å². The topological polar surface area (TPSA) is 92.4 Å². The van der Waals surface area contributed by atoms with Gasteiger partial charge in [0.15, 0.2) is 0 Å². The number of nitrogens with one attached hydrogen (secondary N) is 1. The van der Waals surface area contributed by atoms with Crippen molar-refractivity contribution in [3.8, 4) is 0 Å². The highest BCUT2D eigenvalue weighted by Crippen LogP contribution is 2.22. The lowest BCUT2D eigenvalue weighted by Gasteiger charge is -2.17. The van der Waals surface area contributed by atoms with E-state index in [0.29, 0.717) is 17.4 Å². The lowest BCUT2D eigenvalue weighted by molar-refractivity contribution is -0.120. The number of amides is 1. The summed E-state index contributed by atoms with van der Waals surface area (Å²) in [6.07, 6.45) is 0.644. The van der Waals surface area contributed by atoms with Crippen LogP contribution >= 0.6 is 11.6 Å². The zero-order valence-electron chi connectivity index (χ0n) is 11.5. The molecule has 1 unspecified atom stereocenters. The van der Waals surface area contributed by atoms with Crippen molar-refractivity contribution >= 4 is 29.2 Å². The fourth-order valence-corrected chi connectivity index (χ4v) is 2.09. The number of aromatic carboxylic acids is 1. The second-order valence-electron chi connectivity index (χ2n) is 5.05. The van der Waals surface area contributed by atoms with Crippen LogP contribution in [0.2, 0.25) is 5.02 Å². The fraction of sp³-hybridized carbons (Fsp3) is 0.429. The molecule has 0 bridgehead atoms. The molecule has 6 heteroatoms. The smallest absolute Gasteiger partial charge is 0.337 e. The molecule has 1 aromatic carbocycles. The summed E-state index contributed by atoms with van der Waals surface area (Å²) in [5.41, 5.74) is 5.79. The third kappa shape index (κ3) is 4.51. The predicted octanol–water partition coefficient (Wildman–Crippen LogP) is 2.60. The molecule has 0 fully saturated rings. The number of benzene rings is 1. The van der Waals surface area contributed by atoms with E-state index in [0.717, 1.165) is 0 Å². The van der Waals surface area contributed by atoms with Crippen molar-refractivity contribution in [2.24, 2.45) is 17.6 Å². The second-order valence-corrected chi connectivity index (χ2v) is 5.48. The number of halogens is 1. The van der Waals surface area contributed by atoms with Crippen LogP contribution in [0.4, 0.5) is 5.69 Å². The molecule has 1 rings (SSSR count). The summed E-state index contributed by atoms with van der Waals surface area (Å²) in [6.45, 7) is 4.21. The normalized spacial score (nSPS) is 12.2. The van der Waals surface area contributed by atoms with E-state index >= 15 is 0 Å². The largest absolute Gasteiger partial charge is 0.478 e. The number of hydrogen-bond donors (Lipinski definition) is 3. The van der Waals surface area contributed by atoms with Gasteiger partial charge < -0.3 is 16.2 Å². The van der Waals surface area contributed by atoms with Gasteiger partial charge >= 0.3 is 5.97 Å². The number of hydrogen-bond acceptors (Lipinski definition) is 3. The molecular formula is C14H19ClN2O3. The molecule has 0 aliphatic rings. The maximum absolute atomic E-state index is 12.1. The number of nitrogens with two attached hydrogens (primary N) is 1. The highest BCUT2D eigenvalue weighted by Gasteiger charge is 2.20. The second kappa shape index (κ2) is 7.26. The fourth-order valence-electron chi connectivity index (χ4n) is 1.92. The van der Waals surface area contributed by atoms with Crippen molar-refractivity contribution in [3.05, 3.63) is 28.8 Å². The van der Waals surface area contributed by atoms with Crippen LogP contribution < -0.4 is 11.1 Å². The number of rotatable bonds is 6. The van der Waals surface area contributed by atoms with Crippen molar-refractivity contribution in [2.45, 2.75) is 20.3 Å². The lowest BCUT2D eigenvalue weighted by Crippen LogP contribution is -2.30. The van der Waals surface area contributed by atoms with Crippen LogP contribution in [0, 0.1) is 11.8 Å². The molecule has 5 nitrogen and oxygen atoms in total. The molecule has 0 saturated heterocycles. The summed E-state index contributed by atoms with van der Waals surface area (Å²) in [4.78, 5) is 23.3. The molecule has 0 saturated carbocycles. The molecule has 0 aliphatic carbocycles. The van der Waals surface area contributed by atoms with Crippen LogP contribution in [0.15, 0.2) is 18.2 Å². The number of anilines is 1. The van der Waals surface area contributed by atoms with Crippen LogP contribution in [0.3, 0.4) is 0 Å². The van der Waals surface area contributed by atoms with Gasteiger partial charge in [0.1, 0.15) is 0 Å². The summed E-state index contributed by atoms with van der Waals surface area (Å²) in [5, 5.41) is 12.1. The Morgan fingerprint density at radius 1 is 1.40 bits per heavy atom. The van der Waals surface area contributed by atoms with Crippen LogP contribution in [0.5, 0.6) is 0 Å². The van der Waals surface area contributed by atoms with E-state index in [1.165, 1.54) is 18.2 Å². The minimum atomic E-state index is -1.12. The summed E-state index contributed by atoms with van der Waals surface area (Å²) < 4.78 is 0. The molecule has 0 aliphatic heterocycles. The molecular weight excluding hydrogens is 280 g/mol. The number of carboxylic acids is 1. The first-order chi connectivity index (χ1) is 9.35. The molecule has 1 aromatic rings. The van der Waals surface area contributed by atoms with Gasteiger partial charge in [0.05, 0.1) is 17.2 Å². The average Bonchev–Trinajstić information content (AvgIpc) is 2.35. The zero-order valence-corrected chi connectivity index (χ0v) is 12.3. The molecule has 0 spiro atoms. The summed E-state index contributed by atoms with van der Waals surface area (Å²) in [7, 11) is 0. The van der Waals surface area contributed by atoms with E-state index in [2.05, 4.69) is 5.32 Å². The van der Waals surface area contributed by atoms with Crippen LogP contribution in [0.25, 0.3) is 0 Å². The van der Waals surface area contributed by atoms with Crippen molar-refractivity contribution in [1.82, 2.24) is 0 Å². The molecule has 0 radical (unpaired) electrons. The molecule has 1 atom stereocenters. The first kappa shape index (κ1) is 16.5. The van der Waals surface area contributed by atoms with E-state index in [9.17, 15) is 9.59 Å². The Morgan fingerprint density at radius 3 is 2.55 bits per heavy atom. The third-order valence-corrected chi connectivity index (χ3v) is 3.12. The van der Waals surface area contributed by atoms with E-state index in [-0.39, 0.29) is 29.6 Å². The Balaban J connectivity index is 2.94. The predicted molar refractivity (Wildman–Crippen MR) is 79.0 cm³/mol. The van der Waals surface area contributed by atoms with Gasteiger partial charge in [0.2, 0.25) is 5.91 Å². The highest BCUT2D eigenvalue weighted by molar-refractivity contribution is 6.31. The minimum absolute atomic E-state index is 0.00284. The molecule has 20 heavy (non-hydrogen) atoms. The summed E-state index contributed by atoms with van der Waals surface area (Å²) in [6, 6.07) is 4.25. The highest BCUT2D eigenvalue weighted by atomic mass is 35.5. The van der Waals surface area contributed by atoms with Gasteiger partial charge in [-0.25, -0.2) is 4.79 Å². The third-order valence-electron chi connectivity index (χ3n) is 2.88. The van der Waals surface area contributed by atoms with E-state index in [1.54, 1.807) is 0 Å². The Hall–Kier alpha value is -1.59. The standard InChI is InChI=1S/C14H19ClN2O3/c1-8(2)5-9(7-16)13(18)17-12-6-10(15)3-4-11(12)14(19)20/h3-4,6,8-9H,5,7,16H2,1-2H3,(H,17,18)(H,19,20). The van der Waals surface area contributed by atoms with Gasteiger partial charge in [-0.3, -0.25) is 4.79 Å². The molecule has 110 valence electrons. The molecule has 0 heterocycles. The zero-order chi connectivity index (χ0) is 15.3. The van der Waals surface area contributed by atoms with E-state index < -0.39 is 5.97 Å². The number of carbonyl (C=O) groups excluding carboxylic acids is 1. The Morgan fingerprint density at radius 2 is 2.05 bits per heavy atom. The first-order valence-corrected chi connectivity index (χ1v) is 6.76.